The first kappa shape index (κ1) is 20.2. The minimum atomic E-state index is 0.727. The van der Waals surface area contributed by atoms with Crippen molar-refractivity contribution in [2.24, 2.45) is 5.92 Å². The Kier molecular flexibility index (Phi) is 11.9. The van der Waals surface area contributed by atoms with E-state index in [9.17, 15) is 0 Å². The van der Waals surface area contributed by atoms with Crippen LogP contribution in [-0.4, -0.2) is 5.05 Å². The molecular weight excluding hydrogens is 300 g/mol. The minimum Gasteiger partial charge on any atom is -0.450 e. The third-order valence-electron chi connectivity index (χ3n) is 4.40. The highest BCUT2D eigenvalue weighted by atomic mass is 32.1. The second-order valence-electron chi connectivity index (χ2n) is 6.54. The van der Waals surface area contributed by atoms with Crippen LogP contribution in [0.5, 0.6) is 5.75 Å². The predicted octanol–water partition coefficient (Wildman–Crippen LogP) is 7.34. The summed E-state index contributed by atoms with van der Waals surface area (Å²) in [4.78, 5) is 0. The van der Waals surface area contributed by atoms with Crippen LogP contribution in [0.25, 0.3) is 0 Å². The summed E-state index contributed by atoms with van der Waals surface area (Å²) in [5.41, 5.74) is 0. The molecule has 0 bridgehead atoms. The Morgan fingerprint density at radius 2 is 1.48 bits per heavy atom. The van der Waals surface area contributed by atoms with Crippen LogP contribution in [0.15, 0.2) is 30.3 Å². The van der Waals surface area contributed by atoms with E-state index < -0.39 is 0 Å². The number of thiocarbonyl (C=S) groups is 1. The monoisotopic (exact) mass is 334 g/mol. The van der Waals surface area contributed by atoms with E-state index in [0.29, 0.717) is 0 Å². The van der Waals surface area contributed by atoms with Crippen LogP contribution in [0.1, 0.15) is 84.5 Å². The molecule has 0 radical (unpaired) electrons. The molecule has 0 saturated carbocycles. The van der Waals surface area contributed by atoms with Gasteiger partial charge in [0.15, 0.2) is 5.05 Å². The molecule has 1 rings (SSSR count). The van der Waals surface area contributed by atoms with Crippen molar-refractivity contribution in [2.75, 3.05) is 0 Å². The Labute approximate surface area is 148 Å². The molecule has 130 valence electrons. The topological polar surface area (TPSA) is 9.23 Å². The van der Waals surface area contributed by atoms with Gasteiger partial charge in [-0.3, -0.25) is 0 Å². The molecule has 0 amide bonds. The smallest absolute Gasteiger partial charge is 0.167 e. The van der Waals surface area contributed by atoms with Gasteiger partial charge < -0.3 is 4.74 Å². The number of benzene rings is 1. The van der Waals surface area contributed by atoms with Gasteiger partial charge in [0.1, 0.15) is 5.75 Å². The lowest BCUT2D eigenvalue weighted by atomic mass is 9.91. The van der Waals surface area contributed by atoms with Crippen LogP contribution < -0.4 is 4.74 Å². The molecule has 0 heterocycles. The second kappa shape index (κ2) is 13.5. The Morgan fingerprint density at radius 3 is 2.09 bits per heavy atom. The highest BCUT2D eigenvalue weighted by Crippen LogP contribution is 2.23. The highest BCUT2D eigenvalue weighted by Gasteiger charge is 2.08. The molecule has 2 heteroatoms. The molecule has 0 atom stereocenters. The summed E-state index contributed by atoms with van der Waals surface area (Å²) in [6.07, 6.45) is 14.3. The standard InChI is InChI=1S/C21H34OS/c1-3-5-13-19(14-6-4-2)15-9-7-12-18-21(23)22-20-16-10-8-11-17-20/h8,10-11,16-17,19H,3-7,9,12-15,18H2,1-2H3. The van der Waals surface area contributed by atoms with Crippen molar-refractivity contribution in [3.8, 4) is 5.75 Å². The minimum absolute atomic E-state index is 0.727. The molecule has 0 N–H and O–H groups in total. The molecule has 1 nitrogen and oxygen atoms in total. The summed E-state index contributed by atoms with van der Waals surface area (Å²) in [6.45, 7) is 4.59. The average molecular weight is 335 g/mol. The zero-order valence-electron chi connectivity index (χ0n) is 15.1. The van der Waals surface area contributed by atoms with E-state index in [-0.39, 0.29) is 0 Å². The zero-order chi connectivity index (χ0) is 16.8. The number of unbranched alkanes of at least 4 members (excludes halogenated alkanes) is 4. The van der Waals surface area contributed by atoms with Gasteiger partial charge >= 0.3 is 0 Å². The van der Waals surface area contributed by atoms with Crippen molar-refractivity contribution in [1.29, 1.82) is 0 Å². The molecule has 0 aliphatic heterocycles. The van der Waals surface area contributed by atoms with Crippen LogP contribution in [-0.2, 0) is 0 Å². The van der Waals surface area contributed by atoms with Crippen LogP contribution in [0.3, 0.4) is 0 Å². The molecular formula is C21H34OS. The summed E-state index contributed by atoms with van der Waals surface area (Å²) < 4.78 is 5.68. The van der Waals surface area contributed by atoms with Gasteiger partial charge in [-0.15, -0.1) is 0 Å². The van der Waals surface area contributed by atoms with E-state index in [0.717, 1.165) is 29.6 Å². The second-order valence-corrected chi connectivity index (χ2v) is 6.99. The summed E-state index contributed by atoms with van der Waals surface area (Å²) in [5, 5.41) is 0.727. The number of hydrogen-bond donors (Lipinski definition) is 0. The van der Waals surface area contributed by atoms with Crippen molar-refractivity contribution in [1.82, 2.24) is 0 Å². The first-order valence-electron chi connectivity index (χ1n) is 9.52. The largest absolute Gasteiger partial charge is 0.450 e. The normalized spacial score (nSPS) is 10.9. The SMILES string of the molecule is CCCCC(CCCC)CCCCCC(=S)Oc1ccccc1. The van der Waals surface area contributed by atoms with Gasteiger partial charge in [-0.2, -0.15) is 0 Å². The number of para-hydroxylation sites is 1. The quantitative estimate of drug-likeness (QED) is 0.276. The zero-order valence-corrected chi connectivity index (χ0v) is 15.9. The van der Waals surface area contributed by atoms with E-state index in [1.54, 1.807) is 0 Å². The summed E-state index contributed by atoms with van der Waals surface area (Å²) >= 11 is 5.33. The molecule has 0 saturated heterocycles. The maximum absolute atomic E-state index is 5.68. The molecule has 0 fully saturated rings. The summed E-state index contributed by atoms with van der Waals surface area (Å²) in [7, 11) is 0. The molecule has 0 spiro atoms. The lowest BCUT2D eigenvalue weighted by molar-refractivity contribution is 0.378. The third-order valence-corrected chi connectivity index (χ3v) is 4.69. The lowest BCUT2D eigenvalue weighted by Gasteiger charge is -2.16. The Hall–Kier alpha value is -0.890. The first-order valence-corrected chi connectivity index (χ1v) is 9.92. The first-order chi connectivity index (χ1) is 11.3. The molecule has 0 aliphatic carbocycles. The fraction of sp³-hybridized carbons (Fsp3) is 0.667. The van der Waals surface area contributed by atoms with E-state index in [1.165, 1.54) is 57.8 Å². The summed E-state index contributed by atoms with van der Waals surface area (Å²) in [6, 6.07) is 9.86. The molecule has 23 heavy (non-hydrogen) atoms. The van der Waals surface area contributed by atoms with Crippen LogP contribution >= 0.6 is 12.2 Å². The Balaban J connectivity index is 2.11. The van der Waals surface area contributed by atoms with Crippen LogP contribution in [0, 0.1) is 5.92 Å². The number of rotatable bonds is 13. The van der Waals surface area contributed by atoms with Gasteiger partial charge in [0, 0.05) is 6.42 Å². The highest BCUT2D eigenvalue weighted by molar-refractivity contribution is 7.80. The van der Waals surface area contributed by atoms with Crippen molar-refractivity contribution >= 4 is 17.3 Å². The van der Waals surface area contributed by atoms with E-state index in [4.69, 9.17) is 17.0 Å². The van der Waals surface area contributed by atoms with Gasteiger partial charge in [0.25, 0.3) is 0 Å². The van der Waals surface area contributed by atoms with Gasteiger partial charge in [-0.25, -0.2) is 0 Å². The molecule has 0 aliphatic rings. The third kappa shape index (κ3) is 10.5. The molecule has 0 unspecified atom stereocenters. The maximum atomic E-state index is 5.68. The predicted molar refractivity (Wildman–Crippen MR) is 105 cm³/mol. The Bertz CT molecular complexity index is 394. The molecule has 0 aromatic heterocycles. The summed E-state index contributed by atoms with van der Waals surface area (Å²) in [5.74, 6) is 1.80. The number of ether oxygens (including phenoxy) is 1. The number of hydrogen-bond acceptors (Lipinski definition) is 2. The van der Waals surface area contributed by atoms with E-state index >= 15 is 0 Å². The van der Waals surface area contributed by atoms with Gasteiger partial charge in [-0.1, -0.05) is 89.8 Å². The van der Waals surface area contributed by atoms with Crippen molar-refractivity contribution < 1.29 is 4.74 Å². The van der Waals surface area contributed by atoms with Crippen LogP contribution in [0.4, 0.5) is 0 Å². The van der Waals surface area contributed by atoms with E-state index in [1.807, 2.05) is 30.3 Å². The fourth-order valence-electron chi connectivity index (χ4n) is 2.97. The van der Waals surface area contributed by atoms with Crippen molar-refractivity contribution in [3.05, 3.63) is 30.3 Å². The van der Waals surface area contributed by atoms with Gasteiger partial charge in [0.05, 0.1) is 0 Å². The van der Waals surface area contributed by atoms with Crippen molar-refractivity contribution in [3.63, 3.8) is 0 Å². The van der Waals surface area contributed by atoms with Gasteiger partial charge in [0.2, 0.25) is 0 Å². The van der Waals surface area contributed by atoms with Crippen LogP contribution in [0.2, 0.25) is 0 Å². The molecule has 1 aromatic rings. The molecule has 1 aromatic carbocycles. The lowest BCUT2D eigenvalue weighted by Crippen LogP contribution is -2.05. The maximum Gasteiger partial charge on any atom is 0.167 e. The fourth-order valence-corrected chi connectivity index (χ4v) is 3.21. The van der Waals surface area contributed by atoms with Gasteiger partial charge in [-0.05, 0) is 36.7 Å². The van der Waals surface area contributed by atoms with E-state index in [2.05, 4.69) is 13.8 Å². The van der Waals surface area contributed by atoms with Crippen molar-refractivity contribution in [2.45, 2.75) is 84.5 Å². The average Bonchev–Trinajstić information content (AvgIpc) is 2.57. The Morgan fingerprint density at radius 1 is 0.870 bits per heavy atom.